The van der Waals surface area contributed by atoms with Crippen molar-refractivity contribution < 1.29 is 9.18 Å². The molecule has 7 nitrogen and oxygen atoms in total. The number of aromatic nitrogens is 3. The van der Waals surface area contributed by atoms with Crippen LogP contribution < -0.4 is 15.5 Å². The second kappa shape index (κ2) is 8.90. The molecule has 0 saturated heterocycles. The standard InChI is InChI=1S/C20H21FN6O/c1-3-27(4-2)20-23-11-14(12-24-20)19(28)26-17-9-10-22-13-18(17)25-16-7-5-15(21)6-8-16/h5-13,25H,3-4H2,1-2H3,(H,22,26,28). The molecule has 0 radical (unpaired) electrons. The van der Waals surface area contributed by atoms with Crippen LogP contribution in [0, 0.1) is 5.82 Å². The summed E-state index contributed by atoms with van der Waals surface area (Å²) in [5, 5.41) is 5.94. The number of pyridine rings is 1. The maximum absolute atomic E-state index is 13.1. The number of nitrogens with one attached hydrogen (secondary N) is 2. The summed E-state index contributed by atoms with van der Waals surface area (Å²) in [4.78, 5) is 27.2. The van der Waals surface area contributed by atoms with Gasteiger partial charge in [0.2, 0.25) is 5.95 Å². The molecule has 2 heterocycles. The molecule has 1 aromatic carbocycles. The fraction of sp³-hybridized carbons (Fsp3) is 0.200. The molecule has 0 unspecified atom stereocenters. The van der Waals surface area contributed by atoms with E-state index in [-0.39, 0.29) is 11.7 Å². The first-order valence-corrected chi connectivity index (χ1v) is 8.95. The Morgan fingerprint density at radius 2 is 1.68 bits per heavy atom. The Balaban J connectivity index is 1.74. The zero-order valence-corrected chi connectivity index (χ0v) is 15.7. The van der Waals surface area contributed by atoms with Crippen molar-refractivity contribution in [2.75, 3.05) is 28.6 Å². The van der Waals surface area contributed by atoms with Gasteiger partial charge in [-0.3, -0.25) is 9.78 Å². The summed E-state index contributed by atoms with van der Waals surface area (Å²) in [5.41, 5.74) is 2.15. The Morgan fingerprint density at radius 3 is 2.32 bits per heavy atom. The Labute approximate surface area is 162 Å². The molecule has 144 valence electrons. The van der Waals surface area contributed by atoms with E-state index in [1.54, 1.807) is 30.6 Å². The SMILES string of the molecule is CCN(CC)c1ncc(C(=O)Nc2ccncc2Nc2ccc(F)cc2)cn1. The highest BCUT2D eigenvalue weighted by atomic mass is 19.1. The van der Waals surface area contributed by atoms with Gasteiger partial charge in [-0.05, 0) is 44.2 Å². The topological polar surface area (TPSA) is 83.0 Å². The van der Waals surface area contributed by atoms with Gasteiger partial charge in [-0.1, -0.05) is 0 Å². The predicted molar refractivity (Wildman–Crippen MR) is 107 cm³/mol. The quantitative estimate of drug-likeness (QED) is 0.648. The van der Waals surface area contributed by atoms with Gasteiger partial charge in [0.1, 0.15) is 5.82 Å². The molecule has 8 heteroatoms. The van der Waals surface area contributed by atoms with Crippen molar-refractivity contribution in [2.24, 2.45) is 0 Å². The molecule has 0 aliphatic carbocycles. The summed E-state index contributed by atoms with van der Waals surface area (Å²) in [6, 6.07) is 7.59. The van der Waals surface area contributed by atoms with E-state index in [1.165, 1.54) is 24.5 Å². The van der Waals surface area contributed by atoms with E-state index < -0.39 is 0 Å². The van der Waals surface area contributed by atoms with E-state index in [4.69, 9.17) is 0 Å². The molecule has 0 saturated carbocycles. The first-order chi connectivity index (χ1) is 13.6. The van der Waals surface area contributed by atoms with Gasteiger partial charge in [0.05, 0.1) is 23.1 Å². The number of anilines is 4. The number of nitrogens with zero attached hydrogens (tertiary/aromatic N) is 4. The maximum atomic E-state index is 13.1. The molecule has 0 fully saturated rings. The lowest BCUT2D eigenvalue weighted by molar-refractivity contribution is 0.102. The van der Waals surface area contributed by atoms with Crippen molar-refractivity contribution in [3.8, 4) is 0 Å². The van der Waals surface area contributed by atoms with Crippen LogP contribution in [0.4, 0.5) is 27.4 Å². The van der Waals surface area contributed by atoms with Crippen molar-refractivity contribution in [2.45, 2.75) is 13.8 Å². The monoisotopic (exact) mass is 380 g/mol. The third-order valence-corrected chi connectivity index (χ3v) is 4.14. The molecule has 2 aromatic heterocycles. The highest BCUT2D eigenvalue weighted by Crippen LogP contribution is 2.25. The Kier molecular flexibility index (Phi) is 6.11. The summed E-state index contributed by atoms with van der Waals surface area (Å²) in [5.74, 6) is -0.0676. The van der Waals surface area contributed by atoms with Crippen LogP contribution in [0.25, 0.3) is 0 Å². The summed E-state index contributed by atoms with van der Waals surface area (Å²) in [6.07, 6.45) is 6.17. The number of rotatable bonds is 7. The van der Waals surface area contributed by atoms with Gasteiger partial charge < -0.3 is 15.5 Å². The molecule has 3 rings (SSSR count). The number of hydrogen-bond acceptors (Lipinski definition) is 6. The van der Waals surface area contributed by atoms with Crippen molar-refractivity contribution >= 4 is 28.9 Å². The predicted octanol–water partition coefficient (Wildman–Crippen LogP) is 3.85. The Hall–Kier alpha value is -3.55. The fourth-order valence-corrected chi connectivity index (χ4v) is 2.59. The van der Waals surface area contributed by atoms with Gasteiger partial charge >= 0.3 is 0 Å². The van der Waals surface area contributed by atoms with Crippen molar-refractivity contribution in [1.82, 2.24) is 15.0 Å². The third kappa shape index (κ3) is 4.59. The Bertz CT molecular complexity index is 926. The number of benzene rings is 1. The van der Waals surface area contributed by atoms with E-state index >= 15 is 0 Å². The average Bonchev–Trinajstić information content (AvgIpc) is 2.72. The summed E-state index contributed by atoms with van der Waals surface area (Å²) >= 11 is 0. The van der Waals surface area contributed by atoms with Crippen LogP contribution in [0.15, 0.2) is 55.1 Å². The van der Waals surface area contributed by atoms with E-state index in [0.29, 0.717) is 28.6 Å². The molecule has 0 aliphatic rings. The van der Waals surface area contributed by atoms with E-state index in [1.807, 2.05) is 18.7 Å². The van der Waals surface area contributed by atoms with E-state index in [9.17, 15) is 9.18 Å². The van der Waals surface area contributed by atoms with Crippen LogP contribution >= 0.6 is 0 Å². The van der Waals surface area contributed by atoms with Crippen molar-refractivity contribution in [1.29, 1.82) is 0 Å². The number of hydrogen-bond donors (Lipinski definition) is 2. The molecule has 28 heavy (non-hydrogen) atoms. The van der Waals surface area contributed by atoms with Gasteiger partial charge in [0.15, 0.2) is 0 Å². The second-order valence-corrected chi connectivity index (χ2v) is 5.95. The third-order valence-electron chi connectivity index (χ3n) is 4.14. The molecule has 0 atom stereocenters. The van der Waals surface area contributed by atoms with Gasteiger partial charge in [-0.2, -0.15) is 0 Å². The maximum Gasteiger partial charge on any atom is 0.258 e. The Morgan fingerprint density at radius 1 is 1.00 bits per heavy atom. The van der Waals surface area contributed by atoms with Crippen LogP contribution in [-0.2, 0) is 0 Å². The average molecular weight is 380 g/mol. The summed E-state index contributed by atoms with van der Waals surface area (Å²) < 4.78 is 13.1. The lowest BCUT2D eigenvalue weighted by Gasteiger charge is -2.18. The van der Waals surface area contributed by atoms with Crippen LogP contribution in [0.3, 0.4) is 0 Å². The number of carbonyl (C=O) groups excluding carboxylic acids is 1. The van der Waals surface area contributed by atoms with Gasteiger partial charge in [-0.25, -0.2) is 14.4 Å². The van der Waals surface area contributed by atoms with E-state index in [0.717, 1.165) is 13.1 Å². The van der Waals surface area contributed by atoms with Crippen LogP contribution in [-0.4, -0.2) is 33.9 Å². The minimum Gasteiger partial charge on any atom is -0.353 e. The minimum absolute atomic E-state index is 0.321. The first kappa shape index (κ1) is 19.2. The van der Waals surface area contributed by atoms with E-state index in [2.05, 4.69) is 25.6 Å². The first-order valence-electron chi connectivity index (χ1n) is 8.95. The molecular formula is C20H21FN6O. The molecular weight excluding hydrogens is 359 g/mol. The van der Waals surface area contributed by atoms with Gasteiger partial charge in [-0.15, -0.1) is 0 Å². The number of amides is 1. The lowest BCUT2D eigenvalue weighted by Crippen LogP contribution is -2.24. The molecule has 1 amide bonds. The zero-order valence-electron chi connectivity index (χ0n) is 15.7. The summed E-state index contributed by atoms with van der Waals surface area (Å²) in [7, 11) is 0. The fourth-order valence-electron chi connectivity index (χ4n) is 2.59. The number of carbonyl (C=O) groups is 1. The molecule has 0 bridgehead atoms. The van der Waals surface area contributed by atoms with Crippen LogP contribution in [0.1, 0.15) is 24.2 Å². The van der Waals surface area contributed by atoms with Crippen LogP contribution in [0.5, 0.6) is 0 Å². The smallest absolute Gasteiger partial charge is 0.258 e. The molecule has 3 aromatic rings. The number of halogens is 1. The van der Waals surface area contributed by atoms with Crippen molar-refractivity contribution in [3.05, 3.63) is 66.5 Å². The summed E-state index contributed by atoms with van der Waals surface area (Å²) in [6.45, 7) is 5.62. The molecule has 0 spiro atoms. The lowest BCUT2D eigenvalue weighted by atomic mass is 10.2. The molecule has 2 N–H and O–H groups in total. The minimum atomic E-state index is -0.334. The van der Waals surface area contributed by atoms with Crippen LogP contribution in [0.2, 0.25) is 0 Å². The van der Waals surface area contributed by atoms with Crippen molar-refractivity contribution in [3.63, 3.8) is 0 Å². The highest BCUT2D eigenvalue weighted by molar-refractivity contribution is 6.05. The van der Waals surface area contributed by atoms with Gasteiger partial charge in [0, 0.05) is 37.4 Å². The normalized spacial score (nSPS) is 10.4. The van der Waals surface area contributed by atoms with Gasteiger partial charge in [0.25, 0.3) is 5.91 Å². The highest BCUT2D eigenvalue weighted by Gasteiger charge is 2.12. The second-order valence-electron chi connectivity index (χ2n) is 5.95. The molecule has 0 aliphatic heterocycles. The zero-order chi connectivity index (χ0) is 19.9. The largest absolute Gasteiger partial charge is 0.353 e.